The topological polar surface area (TPSA) is 52.0 Å². The summed E-state index contributed by atoms with van der Waals surface area (Å²) in [5, 5.41) is 8.41. The predicted octanol–water partition coefficient (Wildman–Crippen LogP) is 5.94. The fraction of sp³-hybridized carbons (Fsp3) is 0.120. The number of hydrogen-bond acceptors (Lipinski definition) is 4. The molecule has 0 aliphatic carbocycles. The summed E-state index contributed by atoms with van der Waals surface area (Å²) in [5.74, 6) is 0.922. The highest BCUT2D eigenvalue weighted by molar-refractivity contribution is 6.30. The minimum atomic E-state index is -0.539. The number of fused-ring (bicyclic) bond motifs is 3. The first kappa shape index (κ1) is 19.1. The van der Waals surface area contributed by atoms with Gasteiger partial charge in [0, 0.05) is 21.7 Å². The molecule has 2 aliphatic rings. The Balaban J connectivity index is 1.65. The van der Waals surface area contributed by atoms with Gasteiger partial charge in [0.1, 0.15) is 30.0 Å². The summed E-state index contributed by atoms with van der Waals surface area (Å²) in [6, 6.07) is 19.9. The zero-order chi connectivity index (χ0) is 21.8. The van der Waals surface area contributed by atoms with Crippen LogP contribution in [0.15, 0.2) is 78.6 Å². The van der Waals surface area contributed by atoms with Gasteiger partial charge < -0.3 is 10.1 Å². The van der Waals surface area contributed by atoms with E-state index < -0.39 is 12.1 Å². The van der Waals surface area contributed by atoms with Crippen molar-refractivity contribution in [2.45, 2.75) is 19.1 Å². The van der Waals surface area contributed by atoms with E-state index in [1.54, 1.807) is 22.9 Å². The largest absolute Gasteiger partial charge is 0.480 e. The Morgan fingerprint density at radius 2 is 1.88 bits per heavy atom. The van der Waals surface area contributed by atoms with Gasteiger partial charge in [0.25, 0.3) is 0 Å². The van der Waals surface area contributed by atoms with E-state index in [4.69, 9.17) is 16.3 Å². The first-order valence-corrected chi connectivity index (χ1v) is 10.7. The zero-order valence-corrected chi connectivity index (χ0v) is 17.8. The molecular weight excluding hydrogens is 427 g/mol. The van der Waals surface area contributed by atoms with Crippen molar-refractivity contribution < 1.29 is 9.13 Å². The maximum Gasteiger partial charge on any atom is 0.226 e. The van der Waals surface area contributed by atoms with Gasteiger partial charge in [-0.05, 0) is 36.8 Å². The van der Waals surface area contributed by atoms with Crippen LogP contribution in [0.3, 0.4) is 0 Å². The number of ether oxygens (including phenoxy) is 1. The second-order valence-electron chi connectivity index (χ2n) is 7.96. The molecule has 2 aliphatic heterocycles. The van der Waals surface area contributed by atoms with E-state index in [-0.39, 0.29) is 5.82 Å². The molecule has 1 N–H and O–H groups in total. The average molecular weight is 445 g/mol. The third-order valence-corrected chi connectivity index (χ3v) is 6.19. The van der Waals surface area contributed by atoms with Gasteiger partial charge in [0.15, 0.2) is 0 Å². The van der Waals surface area contributed by atoms with Gasteiger partial charge in [0.2, 0.25) is 5.95 Å². The van der Waals surface area contributed by atoms with Crippen molar-refractivity contribution in [1.82, 2.24) is 14.8 Å². The monoisotopic (exact) mass is 444 g/mol. The Morgan fingerprint density at radius 3 is 2.69 bits per heavy atom. The molecule has 6 rings (SSSR count). The van der Waals surface area contributed by atoms with E-state index in [1.165, 1.54) is 12.4 Å². The number of aromatic nitrogens is 3. The highest BCUT2D eigenvalue weighted by atomic mass is 35.5. The molecule has 0 amide bonds. The molecule has 5 nitrogen and oxygen atoms in total. The molecule has 3 heterocycles. The summed E-state index contributed by atoms with van der Waals surface area (Å²) in [6.07, 6.45) is 1.02. The molecule has 7 heteroatoms. The van der Waals surface area contributed by atoms with Crippen molar-refractivity contribution in [2.75, 3.05) is 5.32 Å². The average Bonchev–Trinajstić information content (AvgIpc) is 3.27. The Hall–Kier alpha value is -3.64. The number of rotatable bonds is 2. The molecule has 0 unspecified atom stereocenters. The molecule has 0 saturated heterocycles. The third-order valence-electron chi connectivity index (χ3n) is 5.96. The summed E-state index contributed by atoms with van der Waals surface area (Å²) in [4.78, 5) is 4.37. The molecule has 0 fully saturated rings. The highest BCUT2D eigenvalue weighted by Gasteiger charge is 2.41. The van der Waals surface area contributed by atoms with Crippen LogP contribution in [0.4, 0.5) is 10.3 Å². The van der Waals surface area contributed by atoms with Gasteiger partial charge in [-0.2, -0.15) is 10.1 Å². The lowest BCUT2D eigenvalue weighted by atomic mass is 9.84. The quantitative estimate of drug-likeness (QED) is 0.415. The van der Waals surface area contributed by atoms with E-state index in [2.05, 4.69) is 15.4 Å². The van der Waals surface area contributed by atoms with Crippen molar-refractivity contribution in [3.05, 3.63) is 112 Å². The van der Waals surface area contributed by atoms with Gasteiger partial charge in [0.05, 0.1) is 5.70 Å². The van der Waals surface area contributed by atoms with Gasteiger partial charge in [-0.1, -0.05) is 59.6 Å². The molecule has 0 spiro atoms. The molecule has 3 aromatic carbocycles. The standard InChI is InChI=1S/C25H18ClFN4O/c1-14-6-8-15(9-7-14)24-21-22(18-12-16(26)10-11-20(18)32-24)30-25-28-13-29-31(25)23(21)17-4-2-3-5-19(17)27/h2-13,23-24H,1H3,(H,28,29,30)/t23-,24-/m1/s1. The number of nitrogens with zero attached hydrogens (tertiary/aromatic N) is 3. The molecule has 0 radical (unpaired) electrons. The molecule has 1 aromatic heterocycles. The summed E-state index contributed by atoms with van der Waals surface area (Å²) in [5.41, 5.74) is 5.10. The number of hydrogen-bond donors (Lipinski definition) is 1. The van der Waals surface area contributed by atoms with Crippen LogP contribution in [-0.2, 0) is 0 Å². The summed E-state index contributed by atoms with van der Waals surface area (Å²) in [6.45, 7) is 2.04. The number of nitrogens with one attached hydrogen (secondary N) is 1. The third kappa shape index (κ3) is 2.91. The minimum Gasteiger partial charge on any atom is -0.480 e. The van der Waals surface area contributed by atoms with Crippen molar-refractivity contribution >= 4 is 23.2 Å². The number of halogens is 2. The lowest BCUT2D eigenvalue weighted by Gasteiger charge is -2.39. The SMILES string of the molecule is Cc1ccc([C@H]2Oc3ccc(Cl)cc3C3=C2[C@@H](c2ccccc2F)n2ncnc2N3)cc1. The van der Waals surface area contributed by atoms with E-state index in [9.17, 15) is 0 Å². The normalized spacial score (nSPS) is 18.8. The maximum absolute atomic E-state index is 15.1. The summed E-state index contributed by atoms with van der Waals surface area (Å²) < 4.78 is 23.3. The molecule has 32 heavy (non-hydrogen) atoms. The summed E-state index contributed by atoms with van der Waals surface area (Å²) in [7, 11) is 0. The molecular formula is C25H18ClFN4O. The summed E-state index contributed by atoms with van der Waals surface area (Å²) >= 11 is 6.34. The van der Waals surface area contributed by atoms with Crippen molar-refractivity contribution in [2.24, 2.45) is 0 Å². The maximum atomic E-state index is 15.1. The lowest BCUT2D eigenvalue weighted by molar-refractivity contribution is 0.222. The van der Waals surface area contributed by atoms with Crippen LogP contribution in [-0.4, -0.2) is 14.8 Å². The second kappa shape index (κ2) is 7.21. The first-order valence-electron chi connectivity index (χ1n) is 10.3. The van der Waals surface area contributed by atoms with Crippen LogP contribution in [0.2, 0.25) is 5.02 Å². The zero-order valence-electron chi connectivity index (χ0n) is 17.1. The van der Waals surface area contributed by atoms with Gasteiger partial charge in [-0.3, -0.25) is 0 Å². The Kier molecular flexibility index (Phi) is 4.30. The Labute approximate surface area is 189 Å². The minimum absolute atomic E-state index is 0.313. The molecule has 0 saturated carbocycles. The van der Waals surface area contributed by atoms with E-state index in [0.717, 1.165) is 28.0 Å². The van der Waals surface area contributed by atoms with Crippen LogP contribution in [0.1, 0.15) is 34.4 Å². The van der Waals surface area contributed by atoms with Gasteiger partial charge in [-0.15, -0.1) is 0 Å². The fourth-order valence-corrected chi connectivity index (χ4v) is 4.63. The van der Waals surface area contributed by atoms with E-state index in [0.29, 0.717) is 22.3 Å². The van der Waals surface area contributed by atoms with Crippen molar-refractivity contribution in [3.8, 4) is 5.75 Å². The Bertz CT molecular complexity index is 1380. The highest BCUT2D eigenvalue weighted by Crippen LogP contribution is 2.51. The molecule has 0 bridgehead atoms. The van der Waals surface area contributed by atoms with Crippen LogP contribution in [0.5, 0.6) is 5.75 Å². The predicted molar refractivity (Wildman–Crippen MR) is 121 cm³/mol. The van der Waals surface area contributed by atoms with Crippen LogP contribution >= 0.6 is 11.6 Å². The smallest absolute Gasteiger partial charge is 0.226 e. The van der Waals surface area contributed by atoms with Crippen LogP contribution < -0.4 is 10.1 Å². The fourth-order valence-electron chi connectivity index (χ4n) is 4.45. The number of aryl methyl sites for hydroxylation is 1. The van der Waals surface area contributed by atoms with Crippen LogP contribution in [0, 0.1) is 12.7 Å². The molecule has 4 aromatic rings. The van der Waals surface area contributed by atoms with E-state index in [1.807, 2.05) is 49.4 Å². The van der Waals surface area contributed by atoms with Gasteiger partial charge >= 0.3 is 0 Å². The lowest BCUT2D eigenvalue weighted by Crippen LogP contribution is -2.32. The number of anilines is 1. The van der Waals surface area contributed by atoms with Crippen molar-refractivity contribution in [3.63, 3.8) is 0 Å². The van der Waals surface area contributed by atoms with Gasteiger partial charge in [-0.25, -0.2) is 9.07 Å². The van der Waals surface area contributed by atoms with Crippen molar-refractivity contribution in [1.29, 1.82) is 0 Å². The second-order valence-corrected chi connectivity index (χ2v) is 8.39. The molecule has 158 valence electrons. The van der Waals surface area contributed by atoms with E-state index >= 15 is 4.39 Å². The Morgan fingerprint density at radius 1 is 1.06 bits per heavy atom. The van der Waals surface area contributed by atoms with Crippen LogP contribution in [0.25, 0.3) is 5.70 Å². The number of benzene rings is 3. The first-order chi connectivity index (χ1) is 15.6. The molecule has 2 atom stereocenters.